The molecule has 2 rings (SSSR count). The van der Waals surface area contributed by atoms with E-state index in [2.05, 4.69) is 17.4 Å². The summed E-state index contributed by atoms with van der Waals surface area (Å²) in [7, 11) is 5.95. The first kappa shape index (κ1) is 12.3. The van der Waals surface area contributed by atoms with E-state index in [9.17, 15) is 4.79 Å². The predicted molar refractivity (Wildman–Crippen MR) is 73.5 cm³/mol. The van der Waals surface area contributed by atoms with Gasteiger partial charge in [0.2, 0.25) is 0 Å². The Bertz CT molecular complexity index is 419. The molecule has 0 spiro atoms. The van der Waals surface area contributed by atoms with Crippen molar-refractivity contribution in [1.82, 2.24) is 5.32 Å². The lowest BCUT2D eigenvalue weighted by Gasteiger charge is -2.43. The molecule has 0 saturated heterocycles. The molecule has 1 aliphatic carbocycles. The zero-order chi connectivity index (χ0) is 12.5. The molecule has 0 bridgehead atoms. The molecule has 1 aromatic carbocycles. The summed E-state index contributed by atoms with van der Waals surface area (Å²) in [5.41, 5.74) is 0.476. The number of hydrogen-bond donors (Lipinski definition) is 1. The standard InChI is InChI=1S/C13H17B2NO/c1-16-12(10-6-3-2-4-7-10)8-5-9-13(14,15)11(12)17/h3,6-7,16H,5,8-9,14-15H2,1H3/t12-/m0/s1. The molecular formula is C13H17B2NO. The van der Waals surface area contributed by atoms with Gasteiger partial charge in [-0.1, -0.05) is 25.0 Å². The lowest BCUT2D eigenvalue weighted by atomic mass is 9.44. The molecule has 0 aromatic heterocycles. The van der Waals surface area contributed by atoms with E-state index in [1.807, 2.05) is 40.9 Å². The van der Waals surface area contributed by atoms with Crippen molar-refractivity contribution in [3.05, 3.63) is 35.9 Å². The molecule has 2 nitrogen and oxygen atoms in total. The molecule has 86 valence electrons. The maximum absolute atomic E-state index is 12.7. The Morgan fingerprint density at radius 2 is 2.12 bits per heavy atom. The van der Waals surface area contributed by atoms with Crippen molar-refractivity contribution in [1.29, 1.82) is 0 Å². The highest BCUT2D eigenvalue weighted by molar-refractivity contribution is 6.52. The van der Waals surface area contributed by atoms with Crippen LogP contribution >= 0.6 is 0 Å². The highest BCUT2D eigenvalue weighted by atomic mass is 16.1. The number of carbonyl (C=O) groups is 1. The highest BCUT2D eigenvalue weighted by Crippen LogP contribution is 2.43. The summed E-state index contributed by atoms with van der Waals surface area (Å²) in [5.74, 6) is 0.290. The van der Waals surface area contributed by atoms with E-state index in [0.29, 0.717) is 5.78 Å². The zero-order valence-corrected chi connectivity index (χ0v) is 10.8. The van der Waals surface area contributed by atoms with E-state index < -0.39 is 5.54 Å². The molecule has 0 radical (unpaired) electrons. The van der Waals surface area contributed by atoms with Crippen LogP contribution in [0.2, 0.25) is 5.21 Å². The molecular weight excluding hydrogens is 208 g/mol. The van der Waals surface area contributed by atoms with Crippen LogP contribution in [0.1, 0.15) is 24.8 Å². The molecule has 1 saturated carbocycles. The minimum atomic E-state index is -0.534. The fourth-order valence-corrected chi connectivity index (χ4v) is 2.87. The van der Waals surface area contributed by atoms with Crippen LogP contribution in [0.25, 0.3) is 0 Å². The van der Waals surface area contributed by atoms with Gasteiger partial charge in [0.1, 0.15) is 27.0 Å². The van der Waals surface area contributed by atoms with E-state index >= 15 is 0 Å². The molecule has 0 amide bonds. The van der Waals surface area contributed by atoms with Crippen LogP contribution in [0, 0.1) is 12.1 Å². The van der Waals surface area contributed by atoms with Crippen LogP contribution in [0.5, 0.6) is 0 Å². The third kappa shape index (κ3) is 1.89. The highest BCUT2D eigenvalue weighted by Gasteiger charge is 2.48. The number of hydrogen-bond acceptors (Lipinski definition) is 2. The lowest BCUT2D eigenvalue weighted by Crippen LogP contribution is -2.54. The Morgan fingerprint density at radius 1 is 1.35 bits per heavy atom. The van der Waals surface area contributed by atoms with Gasteiger partial charge in [0.25, 0.3) is 0 Å². The number of rotatable bonds is 2. The van der Waals surface area contributed by atoms with Crippen molar-refractivity contribution >= 4 is 21.5 Å². The molecule has 1 N–H and O–H groups in total. The molecule has 17 heavy (non-hydrogen) atoms. The van der Waals surface area contributed by atoms with Gasteiger partial charge in [-0.05, 0) is 42.4 Å². The number of ketones is 1. The number of nitrogens with one attached hydrogen (secondary N) is 1. The summed E-state index contributed by atoms with van der Waals surface area (Å²) in [5, 5.41) is 3.01. The van der Waals surface area contributed by atoms with Crippen molar-refractivity contribution in [3.63, 3.8) is 0 Å². The van der Waals surface area contributed by atoms with E-state index in [-0.39, 0.29) is 5.21 Å². The van der Waals surface area contributed by atoms with Gasteiger partial charge in [0, 0.05) is 0 Å². The van der Waals surface area contributed by atoms with Crippen LogP contribution in [0.4, 0.5) is 0 Å². The molecule has 1 aliphatic rings. The predicted octanol–water partition coefficient (Wildman–Crippen LogP) is -0.163. The summed E-state index contributed by atoms with van der Waals surface area (Å²) in [6.07, 6.45) is 2.90. The number of Topliss-reactive ketones (excluding diaryl/α,β-unsaturated/α-hetero) is 1. The average Bonchev–Trinajstić information content (AvgIpc) is 2.34. The molecule has 4 heteroatoms. The lowest BCUT2D eigenvalue weighted by molar-refractivity contribution is -0.129. The van der Waals surface area contributed by atoms with Gasteiger partial charge >= 0.3 is 0 Å². The maximum Gasteiger partial charge on any atom is 0.148 e. The molecule has 0 unspecified atom stereocenters. The van der Waals surface area contributed by atoms with Crippen molar-refractivity contribution in [2.45, 2.75) is 30.0 Å². The van der Waals surface area contributed by atoms with Crippen molar-refractivity contribution in [2.24, 2.45) is 0 Å². The molecule has 1 atom stereocenters. The monoisotopic (exact) mass is 225 g/mol. The summed E-state index contributed by atoms with van der Waals surface area (Å²) in [6, 6.07) is 11.5. The van der Waals surface area contributed by atoms with E-state index in [0.717, 1.165) is 24.8 Å². The van der Waals surface area contributed by atoms with Crippen LogP contribution in [0.15, 0.2) is 18.2 Å². The SMILES string of the molecule is BC1(B)CCC[C@](NC)(c2cc#ccc2)C1=O. The van der Waals surface area contributed by atoms with Gasteiger partial charge in [-0.3, -0.25) is 4.79 Å². The van der Waals surface area contributed by atoms with Crippen LogP contribution in [0.3, 0.4) is 0 Å². The first-order chi connectivity index (χ1) is 8.03. The minimum Gasteiger partial charge on any atom is -0.304 e. The van der Waals surface area contributed by atoms with Crippen LogP contribution in [-0.4, -0.2) is 28.5 Å². The molecule has 1 aromatic rings. The van der Waals surface area contributed by atoms with Crippen LogP contribution in [-0.2, 0) is 10.3 Å². The molecule has 0 aliphatic heterocycles. The average molecular weight is 225 g/mol. The van der Waals surface area contributed by atoms with E-state index in [1.165, 1.54) is 0 Å². The van der Waals surface area contributed by atoms with Crippen molar-refractivity contribution < 1.29 is 4.79 Å². The van der Waals surface area contributed by atoms with Gasteiger partial charge in [-0.25, -0.2) is 0 Å². The normalized spacial score (nSPS) is 27.5. The fraction of sp³-hybridized carbons (Fsp3) is 0.462. The van der Waals surface area contributed by atoms with Gasteiger partial charge in [0.15, 0.2) is 0 Å². The first-order valence-electron chi connectivity index (χ1n) is 6.15. The Morgan fingerprint density at radius 3 is 2.71 bits per heavy atom. The Hall–Kier alpha value is -1.20. The second-order valence-electron chi connectivity index (χ2n) is 5.44. The third-order valence-electron chi connectivity index (χ3n) is 3.93. The number of likely N-dealkylation sites (N-methyl/N-ethyl adjacent to an activating group) is 1. The fourth-order valence-electron chi connectivity index (χ4n) is 2.87. The maximum atomic E-state index is 12.7. The van der Waals surface area contributed by atoms with Crippen molar-refractivity contribution in [2.75, 3.05) is 7.05 Å². The quantitative estimate of drug-likeness (QED) is 0.708. The summed E-state index contributed by atoms with van der Waals surface area (Å²) < 4.78 is 0. The Kier molecular flexibility index (Phi) is 3.05. The van der Waals surface area contributed by atoms with Crippen molar-refractivity contribution in [3.8, 4) is 0 Å². The second-order valence-corrected chi connectivity index (χ2v) is 5.44. The minimum absolute atomic E-state index is 0.249. The number of carbonyl (C=O) groups excluding carboxylic acids is 1. The zero-order valence-electron chi connectivity index (χ0n) is 10.8. The third-order valence-corrected chi connectivity index (χ3v) is 3.93. The topological polar surface area (TPSA) is 29.1 Å². The summed E-state index contributed by atoms with van der Waals surface area (Å²) in [6.45, 7) is 0. The van der Waals surface area contributed by atoms with E-state index in [1.54, 1.807) is 0 Å². The summed E-state index contributed by atoms with van der Waals surface area (Å²) >= 11 is 0. The summed E-state index contributed by atoms with van der Waals surface area (Å²) in [4.78, 5) is 12.7. The van der Waals surface area contributed by atoms with Gasteiger partial charge in [-0.15, -0.1) is 0 Å². The second kappa shape index (κ2) is 4.23. The largest absolute Gasteiger partial charge is 0.304 e. The Labute approximate surface area is 105 Å². The van der Waals surface area contributed by atoms with Gasteiger partial charge in [-0.2, -0.15) is 0 Å². The van der Waals surface area contributed by atoms with Gasteiger partial charge in [0.05, 0.1) is 0 Å². The molecule has 1 fully saturated rings. The van der Waals surface area contributed by atoms with E-state index in [4.69, 9.17) is 0 Å². The smallest absolute Gasteiger partial charge is 0.148 e. The van der Waals surface area contributed by atoms with Crippen LogP contribution < -0.4 is 5.32 Å². The Balaban J connectivity index is 2.48. The van der Waals surface area contributed by atoms with Gasteiger partial charge < -0.3 is 5.32 Å². The first-order valence-corrected chi connectivity index (χ1v) is 6.15. The molecule has 0 heterocycles.